The molecular weight excluding hydrogens is 607 g/mol. The van der Waals surface area contributed by atoms with Gasteiger partial charge in [0.25, 0.3) is 5.92 Å². The monoisotopic (exact) mass is 634 g/mol. The molecule has 1 heterocycles. The van der Waals surface area contributed by atoms with E-state index in [9.17, 15) is 0 Å². The first-order chi connectivity index (χ1) is 24.0. The maximum Gasteiger partial charge on any atom is 0.299 e. The fraction of sp³-hybridized carbons (Fsp3) is 0.0222. The molecule has 0 amide bonds. The van der Waals surface area contributed by atoms with Gasteiger partial charge in [0.2, 0.25) is 0 Å². The molecule has 0 saturated carbocycles. The van der Waals surface area contributed by atoms with Crippen LogP contribution in [0.15, 0.2) is 170 Å². The van der Waals surface area contributed by atoms with Gasteiger partial charge in [0.05, 0.1) is 11.4 Å². The van der Waals surface area contributed by atoms with Crippen molar-refractivity contribution >= 4 is 10.8 Å². The number of benzene rings is 7. The first-order valence-electron chi connectivity index (χ1n) is 16.3. The highest BCUT2D eigenvalue weighted by molar-refractivity contribution is 6.05. The molecule has 7 aromatic carbocycles. The molecule has 0 spiro atoms. The van der Waals surface area contributed by atoms with Crippen LogP contribution >= 0.6 is 0 Å². The third-order valence-electron chi connectivity index (χ3n) is 9.47. The number of nitrogens with zero attached hydrogens (tertiary/aromatic N) is 2. The van der Waals surface area contributed by atoms with Gasteiger partial charge in [0.1, 0.15) is 0 Å². The van der Waals surface area contributed by atoms with Crippen molar-refractivity contribution in [2.24, 2.45) is 0 Å². The molecule has 1 aromatic heterocycles. The van der Waals surface area contributed by atoms with E-state index in [-0.39, 0.29) is 11.1 Å². The summed E-state index contributed by atoms with van der Waals surface area (Å²) in [4.78, 5) is 10.2. The molecule has 0 aliphatic heterocycles. The van der Waals surface area contributed by atoms with Crippen LogP contribution in [0.1, 0.15) is 11.1 Å². The van der Waals surface area contributed by atoms with Crippen LogP contribution < -0.4 is 0 Å². The SMILES string of the molecule is FC1(F)c2ccccc2-c2ccc(-c3ccc(-c4cc(-c5ccccc5)nc(-c5ccc(-c6ccccc6)cc5)n4)c4ccccc34)cc21. The molecule has 9 rings (SSSR count). The number of rotatable bonds is 5. The lowest BCUT2D eigenvalue weighted by atomic mass is 9.91. The van der Waals surface area contributed by atoms with Crippen molar-refractivity contribution in [3.05, 3.63) is 181 Å². The Balaban J connectivity index is 1.18. The van der Waals surface area contributed by atoms with E-state index in [1.807, 2.05) is 78.9 Å². The summed E-state index contributed by atoms with van der Waals surface area (Å²) in [5.74, 6) is -2.42. The van der Waals surface area contributed by atoms with Gasteiger partial charge in [-0.2, -0.15) is 8.78 Å². The summed E-state index contributed by atoms with van der Waals surface area (Å²) in [6, 6.07) is 55.2. The molecule has 0 unspecified atom stereocenters. The van der Waals surface area contributed by atoms with Crippen molar-refractivity contribution in [2.45, 2.75) is 5.92 Å². The standard InChI is InChI=1S/C45H28F2N2/c46-45(47)40-18-10-9-17-37(40)38-24-23-33(27-41(38)45)34-25-26-39(36-16-8-7-15-35(34)36)43-28-42(31-13-5-2-6-14-31)48-44(49-43)32-21-19-30(20-22-32)29-11-3-1-4-12-29/h1-28H. The third kappa shape index (κ3) is 4.92. The van der Waals surface area contributed by atoms with E-state index in [1.54, 1.807) is 18.2 Å². The Hall–Kier alpha value is -6.26. The van der Waals surface area contributed by atoms with Gasteiger partial charge in [0.15, 0.2) is 5.82 Å². The van der Waals surface area contributed by atoms with Crippen molar-refractivity contribution < 1.29 is 8.78 Å². The summed E-state index contributed by atoms with van der Waals surface area (Å²) in [6.07, 6.45) is 0. The zero-order valence-electron chi connectivity index (χ0n) is 26.3. The molecule has 8 aromatic rings. The van der Waals surface area contributed by atoms with Crippen LogP contribution in [-0.4, -0.2) is 9.97 Å². The zero-order valence-corrected chi connectivity index (χ0v) is 26.3. The summed E-state index contributed by atoms with van der Waals surface area (Å²) in [6.45, 7) is 0. The molecule has 2 nitrogen and oxygen atoms in total. The first-order valence-corrected chi connectivity index (χ1v) is 16.3. The summed E-state index contributed by atoms with van der Waals surface area (Å²) in [5, 5.41) is 1.95. The zero-order chi connectivity index (χ0) is 33.0. The Morgan fingerprint density at radius 2 is 0.857 bits per heavy atom. The van der Waals surface area contributed by atoms with Gasteiger partial charge >= 0.3 is 0 Å². The molecule has 232 valence electrons. The summed E-state index contributed by atoms with van der Waals surface area (Å²) in [5.41, 5.74) is 9.67. The molecule has 0 radical (unpaired) electrons. The highest BCUT2D eigenvalue weighted by Crippen LogP contribution is 2.52. The van der Waals surface area contributed by atoms with E-state index >= 15 is 8.78 Å². The number of hydrogen-bond donors (Lipinski definition) is 0. The second-order valence-electron chi connectivity index (χ2n) is 12.4. The highest BCUT2D eigenvalue weighted by Gasteiger charge is 2.44. The lowest BCUT2D eigenvalue weighted by molar-refractivity contribution is 0.0480. The number of halogens is 2. The van der Waals surface area contributed by atoms with E-state index < -0.39 is 5.92 Å². The maximum absolute atomic E-state index is 15.7. The molecule has 1 aliphatic rings. The average Bonchev–Trinajstić information content (AvgIpc) is 3.40. The van der Waals surface area contributed by atoms with E-state index in [0.717, 1.165) is 61.1 Å². The largest absolute Gasteiger partial charge is 0.299 e. The van der Waals surface area contributed by atoms with E-state index in [4.69, 9.17) is 9.97 Å². The minimum atomic E-state index is -3.05. The highest BCUT2D eigenvalue weighted by atomic mass is 19.3. The summed E-state index contributed by atoms with van der Waals surface area (Å²) < 4.78 is 31.3. The van der Waals surface area contributed by atoms with Crippen molar-refractivity contribution in [1.29, 1.82) is 0 Å². The second kappa shape index (κ2) is 11.5. The van der Waals surface area contributed by atoms with Crippen LogP contribution in [-0.2, 0) is 5.92 Å². The van der Waals surface area contributed by atoms with Gasteiger partial charge in [-0.05, 0) is 56.3 Å². The van der Waals surface area contributed by atoms with Crippen molar-refractivity contribution in [3.63, 3.8) is 0 Å². The molecule has 0 saturated heterocycles. The van der Waals surface area contributed by atoms with Gasteiger partial charge < -0.3 is 0 Å². The van der Waals surface area contributed by atoms with Crippen LogP contribution in [0.5, 0.6) is 0 Å². The number of alkyl halides is 2. The number of aromatic nitrogens is 2. The van der Waals surface area contributed by atoms with Gasteiger partial charge in [-0.15, -0.1) is 0 Å². The quantitative estimate of drug-likeness (QED) is 0.188. The van der Waals surface area contributed by atoms with Gasteiger partial charge in [-0.1, -0.05) is 158 Å². The predicted octanol–water partition coefficient (Wildman–Crippen LogP) is 12.1. The Morgan fingerprint density at radius 1 is 0.347 bits per heavy atom. The lowest BCUT2D eigenvalue weighted by Gasteiger charge is -2.16. The second-order valence-corrected chi connectivity index (χ2v) is 12.4. The molecule has 0 N–H and O–H groups in total. The molecule has 49 heavy (non-hydrogen) atoms. The van der Waals surface area contributed by atoms with E-state index in [1.165, 1.54) is 6.07 Å². The van der Waals surface area contributed by atoms with E-state index in [2.05, 4.69) is 66.7 Å². The normalized spacial score (nSPS) is 12.9. The summed E-state index contributed by atoms with van der Waals surface area (Å²) in [7, 11) is 0. The Kier molecular flexibility index (Phi) is 6.77. The molecule has 0 fully saturated rings. The third-order valence-corrected chi connectivity index (χ3v) is 9.47. The predicted molar refractivity (Wildman–Crippen MR) is 195 cm³/mol. The minimum absolute atomic E-state index is 0.0468. The van der Waals surface area contributed by atoms with Gasteiger partial charge in [-0.3, -0.25) is 0 Å². The minimum Gasteiger partial charge on any atom is -0.228 e. The Morgan fingerprint density at radius 3 is 1.61 bits per heavy atom. The maximum atomic E-state index is 15.7. The fourth-order valence-electron chi connectivity index (χ4n) is 7.03. The van der Waals surface area contributed by atoms with Crippen LogP contribution in [0.25, 0.3) is 78.1 Å². The lowest BCUT2D eigenvalue weighted by Crippen LogP contribution is -2.10. The van der Waals surface area contributed by atoms with Crippen LogP contribution in [0, 0.1) is 0 Å². The van der Waals surface area contributed by atoms with Crippen molar-refractivity contribution in [2.75, 3.05) is 0 Å². The summed E-state index contributed by atoms with van der Waals surface area (Å²) >= 11 is 0. The van der Waals surface area contributed by atoms with E-state index in [0.29, 0.717) is 17.0 Å². The van der Waals surface area contributed by atoms with Gasteiger partial charge in [0, 0.05) is 27.8 Å². The van der Waals surface area contributed by atoms with Crippen molar-refractivity contribution in [1.82, 2.24) is 9.97 Å². The van der Waals surface area contributed by atoms with Crippen LogP contribution in [0.2, 0.25) is 0 Å². The molecule has 4 heteroatoms. The molecule has 0 bridgehead atoms. The van der Waals surface area contributed by atoms with Crippen molar-refractivity contribution in [3.8, 4) is 67.3 Å². The molecule has 1 aliphatic carbocycles. The Labute approximate surface area is 283 Å². The topological polar surface area (TPSA) is 25.8 Å². The average molecular weight is 635 g/mol. The van der Waals surface area contributed by atoms with Gasteiger partial charge in [-0.25, -0.2) is 9.97 Å². The smallest absolute Gasteiger partial charge is 0.228 e. The number of hydrogen-bond acceptors (Lipinski definition) is 2. The molecule has 0 atom stereocenters. The molecular formula is C45H28F2N2. The van der Waals surface area contributed by atoms with Crippen LogP contribution in [0.4, 0.5) is 8.78 Å². The first kappa shape index (κ1) is 28.9. The Bertz CT molecular complexity index is 2510. The number of fused-ring (bicyclic) bond motifs is 4. The van der Waals surface area contributed by atoms with Crippen LogP contribution in [0.3, 0.4) is 0 Å². The fourth-order valence-corrected chi connectivity index (χ4v) is 7.03.